The summed E-state index contributed by atoms with van der Waals surface area (Å²) in [5, 5.41) is 5.18. The number of thiophene rings is 1. The molecule has 0 aliphatic rings. The summed E-state index contributed by atoms with van der Waals surface area (Å²) in [6, 6.07) is 13.9. The SMILES string of the molecule is NC(=NCc1coc(-c2ccccc2)n1)NCCc1cccs1. The van der Waals surface area contributed by atoms with Crippen LogP contribution in [0.2, 0.25) is 0 Å². The predicted molar refractivity (Wildman–Crippen MR) is 93.3 cm³/mol. The number of nitrogens with one attached hydrogen (secondary N) is 1. The lowest BCUT2D eigenvalue weighted by Gasteiger charge is -2.03. The van der Waals surface area contributed by atoms with Gasteiger partial charge in [-0.1, -0.05) is 24.3 Å². The van der Waals surface area contributed by atoms with E-state index in [1.807, 2.05) is 36.4 Å². The van der Waals surface area contributed by atoms with Crippen molar-refractivity contribution < 1.29 is 4.42 Å². The molecule has 3 rings (SSSR count). The number of nitrogens with two attached hydrogens (primary N) is 1. The first-order valence-electron chi connectivity index (χ1n) is 7.37. The van der Waals surface area contributed by atoms with Crippen molar-refractivity contribution in [2.24, 2.45) is 10.7 Å². The molecule has 0 radical (unpaired) electrons. The molecule has 6 heteroatoms. The van der Waals surface area contributed by atoms with Gasteiger partial charge in [0.25, 0.3) is 0 Å². The maximum absolute atomic E-state index is 5.86. The van der Waals surface area contributed by atoms with Crippen molar-refractivity contribution in [3.8, 4) is 11.5 Å². The molecular formula is C17H18N4OS. The van der Waals surface area contributed by atoms with Crippen molar-refractivity contribution in [2.45, 2.75) is 13.0 Å². The van der Waals surface area contributed by atoms with Gasteiger partial charge in [-0.05, 0) is 30.0 Å². The molecule has 0 saturated heterocycles. The normalized spacial score (nSPS) is 11.6. The van der Waals surface area contributed by atoms with Gasteiger partial charge in [0.05, 0.1) is 6.54 Å². The smallest absolute Gasteiger partial charge is 0.226 e. The van der Waals surface area contributed by atoms with E-state index < -0.39 is 0 Å². The van der Waals surface area contributed by atoms with Crippen LogP contribution in [0.25, 0.3) is 11.5 Å². The number of hydrogen-bond acceptors (Lipinski definition) is 4. The number of guanidine groups is 1. The fourth-order valence-corrected chi connectivity index (χ4v) is 2.79. The van der Waals surface area contributed by atoms with Gasteiger partial charge >= 0.3 is 0 Å². The number of oxazole rings is 1. The highest BCUT2D eigenvalue weighted by atomic mass is 32.1. The van der Waals surface area contributed by atoms with Gasteiger partial charge in [0, 0.05) is 17.0 Å². The Morgan fingerprint density at radius 1 is 1.22 bits per heavy atom. The molecule has 0 atom stereocenters. The molecule has 0 aliphatic heterocycles. The summed E-state index contributed by atoms with van der Waals surface area (Å²) in [6.45, 7) is 1.16. The van der Waals surface area contributed by atoms with E-state index in [4.69, 9.17) is 10.2 Å². The minimum Gasteiger partial charge on any atom is -0.444 e. The predicted octanol–water partition coefficient (Wildman–Crippen LogP) is 3.05. The number of aromatic nitrogens is 1. The molecule has 3 aromatic rings. The summed E-state index contributed by atoms with van der Waals surface area (Å²) < 4.78 is 5.47. The fourth-order valence-electron chi connectivity index (χ4n) is 2.08. The average Bonchev–Trinajstić information content (AvgIpc) is 3.25. The van der Waals surface area contributed by atoms with E-state index in [1.165, 1.54) is 4.88 Å². The molecule has 0 unspecified atom stereocenters. The van der Waals surface area contributed by atoms with Gasteiger partial charge in [0.15, 0.2) is 5.96 Å². The zero-order chi connectivity index (χ0) is 15.9. The lowest BCUT2D eigenvalue weighted by atomic mass is 10.2. The maximum atomic E-state index is 5.86. The summed E-state index contributed by atoms with van der Waals surface area (Å²) in [7, 11) is 0. The van der Waals surface area contributed by atoms with Crippen LogP contribution in [0.15, 0.2) is 63.5 Å². The molecule has 0 amide bonds. The molecule has 0 saturated carbocycles. The number of nitrogens with zero attached hydrogens (tertiary/aromatic N) is 2. The van der Waals surface area contributed by atoms with Crippen molar-refractivity contribution in [2.75, 3.05) is 6.54 Å². The molecule has 0 bridgehead atoms. The van der Waals surface area contributed by atoms with Crippen molar-refractivity contribution in [3.05, 3.63) is 64.7 Å². The Labute approximate surface area is 138 Å². The van der Waals surface area contributed by atoms with E-state index in [2.05, 4.69) is 26.7 Å². The zero-order valence-electron chi connectivity index (χ0n) is 12.6. The summed E-state index contributed by atoms with van der Waals surface area (Å²) >= 11 is 1.74. The Morgan fingerprint density at radius 2 is 2.09 bits per heavy atom. The fraction of sp³-hybridized carbons (Fsp3) is 0.176. The molecule has 1 aromatic carbocycles. The molecule has 0 fully saturated rings. The van der Waals surface area contributed by atoms with Crippen LogP contribution in [0.4, 0.5) is 0 Å². The van der Waals surface area contributed by atoms with Crippen LogP contribution in [0.5, 0.6) is 0 Å². The molecule has 2 aromatic heterocycles. The molecular weight excluding hydrogens is 308 g/mol. The Hall–Kier alpha value is -2.60. The van der Waals surface area contributed by atoms with Crippen molar-refractivity contribution in [1.29, 1.82) is 0 Å². The lowest BCUT2D eigenvalue weighted by Crippen LogP contribution is -2.33. The van der Waals surface area contributed by atoms with E-state index in [0.717, 1.165) is 24.2 Å². The van der Waals surface area contributed by atoms with Crippen LogP contribution in [0.1, 0.15) is 10.6 Å². The third kappa shape index (κ3) is 4.43. The van der Waals surface area contributed by atoms with E-state index in [9.17, 15) is 0 Å². The monoisotopic (exact) mass is 326 g/mol. The third-order valence-electron chi connectivity index (χ3n) is 3.24. The van der Waals surface area contributed by atoms with Crippen molar-refractivity contribution in [1.82, 2.24) is 10.3 Å². The Morgan fingerprint density at radius 3 is 2.87 bits per heavy atom. The highest BCUT2D eigenvalue weighted by molar-refractivity contribution is 7.09. The van der Waals surface area contributed by atoms with Crippen LogP contribution < -0.4 is 11.1 Å². The second kappa shape index (κ2) is 7.60. The first-order valence-corrected chi connectivity index (χ1v) is 8.25. The van der Waals surface area contributed by atoms with Gasteiger partial charge in [0.1, 0.15) is 12.0 Å². The van der Waals surface area contributed by atoms with E-state index in [1.54, 1.807) is 17.6 Å². The standard InChI is InChI=1S/C17H18N4OS/c18-17(19-9-8-15-7-4-10-23-15)20-11-14-12-22-16(21-14)13-5-2-1-3-6-13/h1-7,10,12H,8-9,11H2,(H3,18,19,20). The third-order valence-corrected chi connectivity index (χ3v) is 4.18. The second-order valence-electron chi connectivity index (χ2n) is 4.97. The highest BCUT2D eigenvalue weighted by Gasteiger charge is 2.05. The van der Waals surface area contributed by atoms with Crippen LogP contribution in [0, 0.1) is 0 Å². The summed E-state index contributed by atoms with van der Waals surface area (Å²) in [6.07, 6.45) is 2.56. The number of hydrogen-bond donors (Lipinski definition) is 2. The summed E-state index contributed by atoms with van der Waals surface area (Å²) in [4.78, 5) is 10.0. The highest BCUT2D eigenvalue weighted by Crippen LogP contribution is 2.18. The van der Waals surface area contributed by atoms with Crippen molar-refractivity contribution >= 4 is 17.3 Å². The topological polar surface area (TPSA) is 76.4 Å². The van der Waals surface area contributed by atoms with E-state index in [-0.39, 0.29) is 0 Å². The minimum atomic E-state index is 0.397. The molecule has 23 heavy (non-hydrogen) atoms. The van der Waals surface area contributed by atoms with Crippen LogP contribution in [-0.2, 0) is 13.0 Å². The van der Waals surface area contributed by atoms with Gasteiger partial charge in [-0.3, -0.25) is 0 Å². The average molecular weight is 326 g/mol. The molecule has 2 heterocycles. The molecule has 118 valence electrons. The first-order chi connectivity index (χ1) is 11.3. The zero-order valence-corrected chi connectivity index (χ0v) is 13.4. The van der Waals surface area contributed by atoms with E-state index in [0.29, 0.717) is 18.4 Å². The van der Waals surface area contributed by atoms with E-state index >= 15 is 0 Å². The minimum absolute atomic E-state index is 0.397. The number of aliphatic imine (C=N–C) groups is 1. The van der Waals surface area contributed by atoms with Crippen LogP contribution in [-0.4, -0.2) is 17.5 Å². The summed E-state index contributed by atoms with van der Waals surface area (Å²) in [5.41, 5.74) is 7.57. The van der Waals surface area contributed by atoms with Crippen LogP contribution >= 0.6 is 11.3 Å². The number of benzene rings is 1. The Balaban J connectivity index is 1.50. The maximum Gasteiger partial charge on any atom is 0.226 e. The Kier molecular flexibility index (Phi) is 5.06. The molecule has 0 spiro atoms. The molecule has 3 N–H and O–H groups in total. The Bertz CT molecular complexity index is 750. The van der Waals surface area contributed by atoms with Gasteiger partial charge in [0.2, 0.25) is 5.89 Å². The lowest BCUT2D eigenvalue weighted by molar-refractivity contribution is 0.572. The summed E-state index contributed by atoms with van der Waals surface area (Å²) in [5.74, 6) is 1.02. The van der Waals surface area contributed by atoms with Gasteiger partial charge in [-0.15, -0.1) is 11.3 Å². The van der Waals surface area contributed by atoms with Gasteiger partial charge in [-0.25, -0.2) is 9.98 Å². The largest absolute Gasteiger partial charge is 0.444 e. The molecule has 5 nitrogen and oxygen atoms in total. The van der Waals surface area contributed by atoms with Gasteiger partial charge < -0.3 is 15.5 Å². The quantitative estimate of drug-likeness (QED) is 0.539. The number of rotatable bonds is 6. The van der Waals surface area contributed by atoms with Gasteiger partial charge in [-0.2, -0.15) is 0 Å². The molecule has 0 aliphatic carbocycles. The van der Waals surface area contributed by atoms with Crippen LogP contribution in [0.3, 0.4) is 0 Å². The second-order valence-corrected chi connectivity index (χ2v) is 6.00. The first kappa shape index (κ1) is 15.3. The van der Waals surface area contributed by atoms with Crippen molar-refractivity contribution in [3.63, 3.8) is 0 Å².